The molecule has 1 unspecified atom stereocenters. The summed E-state index contributed by atoms with van der Waals surface area (Å²) < 4.78 is 2.59. The molecule has 0 saturated carbocycles. The summed E-state index contributed by atoms with van der Waals surface area (Å²) >= 11 is 1.88. The molecule has 1 nitrogen and oxygen atoms in total. The van der Waals surface area contributed by atoms with Gasteiger partial charge in [-0.05, 0) is 162 Å². The van der Waals surface area contributed by atoms with Crippen LogP contribution in [0.1, 0.15) is 35.1 Å². The lowest BCUT2D eigenvalue weighted by Crippen LogP contribution is -2.27. The van der Waals surface area contributed by atoms with E-state index in [1.807, 2.05) is 11.3 Å². The topological polar surface area (TPSA) is 3.24 Å². The predicted molar refractivity (Wildman–Crippen MR) is 277 cm³/mol. The van der Waals surface area contributed by atoms with Crippen LogP contribution in [0, 0.1) is 0 Å². The van der Waals surface area contributed by atoms with E-state index in [9.17, 15) is 0 Å². The van der Waals surface area contributed by atoms with E-state index in [-0.39, 0.29) is 5.41 Å². The largest absolute Gasteiger partial charge is 0.310 e. The lowest BCUT2D eigenvalue weighted by molar-refractivity contribution is 0.787. The van der Waals surface area contributed by atoms with Gasteiger partial charge in [-0.2, -0.15) is 0 Å². The summed E-state index contributed by atoms with van der Waals surface area (Å²) in [5.74, 6) is 0. The summed E-state index contributed by atoms with van der Waals surface area (Å²) in [6, 6.07) is 79.6. The summed E-state index contributed by atoms with van der Waals surface area (Å²) in [4.78, 5) is 2.42. The molecule has 2 heteroatoms. The molecule has 3 aliphatic rings. The predicted octanol–water partition coefficient (Wildman–Crippen LogP) is 17.6. The zero-order valence-electron chi connectivity index (χ0n) is 35.6. The summed E-state index contributed by atoms with van der Waals surface area (Å²) in [5, 5.41) is 7.63. The summed E-state index contributed by atoms with van der Waals surface area (Å²) in [6.07, 6.45) is 7.02. The normalized spacial score (nSPS) is 15.8. The van der Waals surface area contributed by atoms with Crippen molar-refractivity contribution in [3.63, 3.8) is 0 Å². The number of allylic oxidation sites excluding steroid dienone is 4. The molecule has 304 valence electrons. The minimum absolute atomic E-state index is 0.353. The number of hydrogen-bond donors (Lipinski definition) is 0. The van der Waals surface area contributed by atoms with Crippen molar-refractivity contribution in [2.24, 2.45) is 0 Å². The maximum atomic E-state index is 2.50. The Hall–Kier alpha value is -7.78. The van der Waals surface area contributed by atoms with Crippen LogP contribution in [0.15, 0.2) is 230 Å². The smallest absolute Gasteiger partial charge is 0.0728 e. The van der Waals surface area contributed by atoms with Gasteiger partial charge in [0.05, 0.1) is 5.41 Å². The van der Waals surface area contributed by atoms with E-state index in [1.165, 1.54) is 108 Å². The number of nitrogens with zero attached hydrogens (tertiary/aromatic N) is 1. The van der Waals surface area contributed by atoms with Gasteiger partial charge < -0.3 is 4.90 Å². The lowest BCUT2D eigenvalue weighted by atomic mass is 9.68. The molecule has 1 atom stereocenters. The van der Waals surface area contributed by atoms with Gasteiger partial charge in [-0.1, -0.05) is 164 Å². The second-order valence-electron chi connectivity index (χ2n) is 17.9. The molecule has 14 rings (SSSR count). The molecule has 3 aliphatic carbocycles. The van der Waals surface area contributed by atoms with E-state index < -0.39 is 0 Å². The monoisotopic (exact) mass is 843 g/mol. The van der Waals surface area contributed by atoms with Crippen molar-refractivity contribution in [1.82, 2.24) is 0 Å². The van der Waals surface area contributed by atoms with Crippen molar-refractivity contribution in [1.29, 1.82) is 0 Å². The van der Waals surface area contributed by atoms with Crippen molar-refractivity contribution < 1.29 is 0 Å². The summed E-state index contributed by atoms with van der Waals surface area (Å²) in [5.41, 5.74) is 19.3. The fourth-order valence-corrected chi connectivity index (χ4v) is 12.7. The molecule has 0 saturated heterocycles. The van der Waals surface area contributed by atoms with Gasteiger partial charge >= 0.3 is 0 Å². The third kappa shape index (κ3) is 5.38. The Balaban J connectivity index is 0.942. The van der Waals surface area contributed by atoms with Crippen LogP contribution >= 0.6 is 11.3 Å². The van der Waals surface area contributed by atoms with E-state index in [0.29, 0.717) is 0 Å². The standard InChI is InChI=1S/C63H41NS/c1-2-13-40(14-3-1)44-17-12-18-47(35-44)64(48-30-27-41-15-4-5-16-43(41)36-48)49-31-34-61-56(39-49)55-38-46(29-33-60(55)65-61)45-26-25-42-28-32-53-52-21-8-11-24-59(52)63(62(53)54(42)37-45)57-22-9-6-19-50(57)51-20-7-10-23-58(51)63/h1-6,8-19,21-39H,7,20H2. The Morgan fingerprint density at radius 3 is 1.89 bits per heavy atom. The maximum absolute atomic E-state index is 2.50. The highest BCUT2D eigenvalue weighted by atomic mass is 32.1. The number of anilines is 3. The second kappa shape index (κ2) is 14.1. The van der Waals surface area contributed by atoms with Gasteiger partial charge in [0, 0.05) is 37.2 Å². The average Bonchev–Trinajstić information content (AvgIpc) is 4.00. The van der Waals surface area contributed by atoms with Crippen molar-refractivity contribution in [2.45, 2.75) is 18.3 Å². The Bertz CT molecular complexity index is 3850. The van der Waals surface area contributed by atoms with Crippen LogP contribution in [0.3, 0.4) is 0 Å². The van der Waals surface area contributed by atoms with E-state index in [1.54, 1.807) is 0 Å². The Labute approximate surface area is 382 Å². The van der Waals surface area contributed by atoms with Crippen molar-refractivity contribution in [2.75, 3.05) is 4.90 Å². The second-order valence-corrected chi connectivity index (χ2v) is 19.0. The molecule has 65 heavy (non-hydrogen) atoms. The molecule has 1 spiro atoms. The number of rotatable bonds is 5. The SMILES string of the molecule is C1=CC2=C(CC1)c1ccccc1C21c2ccccc2-c2ccc3ccc(-c4ccc5sc6ccc(N(c7cccc(-c8ccccc8)c7)c7ccc8ccccc8c7)cc6c5c4)cc3c21. The quantitative estimate of drug-likeness (QED) is 0.167. The summed E-state index contributed by atoms with van der Waals surface area (Å²) in [6.45, 7) is 0. The van der Waals surface area contributed by atoms with Gasteiger partial charge in [0.15, 0.2) is 0 Å². The molecular weight excluding hydrogens is 803 g/mol. The van der Waals surface area contributed by atoms with E-state index in [4.69, 9.17) is 0 Å². The molecule has 11 aromatic rings. The molecule has 1 aromatic heterocycles. The van der Waals surface area contributed by atoms with Crippen LogP contribution in [0.25, 0.3) is 80.7 Å². The third-order valence-electron chi connectivity index (χ3n) is 14.5. The molecule has 0 fully saturated rings. The highest BCUT2D eigenvalue weighted by Gasteiger charge is 2.53. The maximum Gasteiger partial charge on any atom is 0.0728 e. The molecule has 10 aromatic carbocycles. The van der Waals surface area contributed by atoms with Gasteiger partial charge in [-0.25, -0.2) is 0 Å². The van der Waals surface area contributed by atoms with Crippen LogP contribution in [0.4, 0.5) is 17.1 Å². The molecule has 0 bridgehead atoms. The van der Waals surface area contributed by atoms with E-state index in [0.717, 1.165) is 29.9 Å². The zero-order valence-corrected chi connectivity index (χ0v) is 36.4. The van der Waals surface area contributed by atoms with Crippen LogP contribution in [-0.2, 0) is 5.41 Å². The van der Waals surface area contributed by atoms with Gasteiger partial charge in [-0.15, -0.1) is 11.3 Å². The fourth-order valence-electron chi connectivity index (χ4n) is 11.7. The molecule has 0 radical (unpaired) electrons. The minimum Gasteiger partial charge on any atom is -0.310 e. The minimum atomic E-state index is -0.353. The highest BCUT2D eigenvalue weighted by Crippen LogP contribution is 2.64. The van der Waals surface area contributed by atoms with Crippen molar-refractivity contribution in [3.05, 3.63) is 252 Å². The van der Waals surface area contributed by atoms with E-state index >= 15 is 0 Å². The first-order chi connectivity index (χ1) is 32.2. The molecule has 0 aliphatic heterocycles. The first kappa shape index (κ1) is 36.7. The van der Waals surface area contributed by atoms with Gasteiger partial charge in [0.2, 0.25) is 0 Å². The Morgan fingerprint density at radius 2 is 1.02 bits per heavy atom. The number of benzene rings is 10. The van der Waals surface area contributed by atoms with Crippen LogP contribution in [-0.4, -0.2) is 0 Å². The van der Waals surface area contributed by atoms with Gasteiger partial charge in [0.25, 0.3) is 0 Å². The average molecular weight is 844 g/mol. The van der Waals surface area contributed by atoms with Crippen molar-refractivity contribution in [3.8, 4) is 33.4 Å². The number of thiophene rings is 1. The molecule has 0 N–H and O–H groups in total. The first-order valence-electron chi connectivity index (χ1n) is 22.8. The van der Waals surface area contributed by atoms with Crippen LogP contribution < -0.4 is 4.90 Å². The highest BCUT2D eigenvalue weighted by molar-refractivity contribution is 7.25. The first-order valence-corrected chi connectivity index (χ1v) is 23.6. The lowest BCUT2D eigenvalue weighted by Gasteiger charge is -2.33. The van der Waals surface area contributed by atoms with Crippen LogP contribution in [0.5, 0.6) is 0 Å². The molecular formula is C63H41NS. The van der Waals surface area contributed by atoms with E-state index in [2.05, 4.69) is 229 Å². The zero-order chi connectivity index (χ0) is 42.6. The van der Waals surface area contributed by atoms with Gasteiger partial charge in [-0.3, -0.25) is 0 Å². The number of fused-ring (bicyclic) bond motifs is 15. The Morgan fingerprint density at radius 1 is 0.400 bits per heavy atom. The molecule has 1 heterocycles. The number of hydrogen-bond acceptors (Lipinski definition) is 2. The molecule has 0 amide bonds. The van der Waals surface area contributed by atoms with Crippen LogP contribution in [0.2, 0.25) is 0 Å². The van der Waals surface area contributed by atoms with Gasteiger partial charge in [0.1, 0.15) is 0 Å². The van der Waals surface area contributed by atoms with Crippen molar-refractivity contribution >= 4 is 75.7 Å². The Kier molecular flexibility index (Phi) is 7.96. The fraction of sp³-hybridized carbons (Fsp3) is 0.0476. The summed E-state index contributed by atoms with van der Waals surface area (Å²) in [7, 11) is 0. The third-order valence-corrected chi connectivity index (χ3v) is 15.6.